The van der Waals surface area contributed by atoms with Crippen LogP contribution in [0.2, 0.25) is 0 Å². The molecule has 0 bridgehead atoms. The van der Waals surface area contributed by atoms with Crippen LogP contribution in [-0.2, 0) is 22.4 Å². The molecule has 5 aromatic carbocycles. The Morgan fingerprint density at radius 1 is 0.486 bits per heavy atom. The maximum Gasteiger partial charge on any atom is 1.00 e. The average molecular weight is 634 g/mol. The van der Waals surface area contributed by atoms with Gasteiger partial charge in [0.1, 0.15) is 0 Å². The van der Waals surface area contributed by atoms with E-state index < -0.39 is 0 Å². The molecule has 0 fully saturated rings. The summed E-state index contributed by atoms with van der Waals surface area (Å²) >= 11 is 0. The minimum atomic E-state index is 0. The van der Waals surface area contributed by atoms with Gasteiger partial charge in [-0.2, -0.15) is 0 Å². The fraction of sp³-hybridized carbons (Fsp3) is 0. The second-order valence-electron chi connectivity index (χ2n) is 8.12. The molecule has 35 heavy (non-hydrogen) atoms. The molecular weight excluding hydrogens is 611 g/mol. The Hall–Kier alpha value is -3.98. The summed E-state index contributed by atoms with van der Waals surface area (Å²) in [6.07, 6.45) is 4.00. The van der Waals surface area contributed by atoms with Gasteiger partial charge in [0.15, 0.2) is 0 Å². The molecule has 0 N–H and O–H groups in total. The van der Waals surface area contributed by atoms with E-state index in [4.69, 9.17) is 0 Å². The van der Waals surface area contributed by atoms with Gasteiger partial charge in [-0.05, 0) is 21.5 Å². The van der Waals surface area contributed by atoms with Crippen LogP contribution in [0.5, 0.6) is 0 Å². The van der Waals surface area contributed by atoms with Crippen LogP contribution in [-0.4, -0.2) is 15.2 Å². The van der Waals surface area contributed by atoms with Crippen molar-refractivity contribution in [1.82, 2.24) is 4.98 Å². The quantitative estimate of drug-likeness (QED) is 0.144. The van der Waals surface area contributed by atoms with Crippen LogP contribution in [0.4, 0.5) is 11.4 Å². The summed E-state index contributed by atoms with van der Waals surface area (Å²) < 4.78 is 3.96. The molecule has 6 aromatic rings. The minimum Gasteiger partial charge on any atom is -0.657 e. The van der Waals surface area contributed by atoms with Crippen molar-refractivity contribution in [2.45, 2.75) is 0 Å². The van der Waals surface area contributed by atoms with E-state index in [0.29, 0.717) is 0 Å². The molecule has 0 spiro atoms. The molecule has 0 atom stereocenters. The summed E-state index contributed by atoms with van der Waals surface area (Å²) in [6.45, 7) is 0. The third kappa shape index (κ3) is 4.54. The van der Waals surface area contributed by atoms with E-state index in [1.807, 2.05) is 64.0 Å². The van der Waals surface area contributed by atoms with E-state index >= 15 is 0 Å². The van der Waals surface area contributed by atoms with Crippen LogP contribution >= 0.6 is 0 Å². The third-order valence-corrected chi connectivity index (χ3v) is 5.97. The van der Waals surface area contributed by atoms with Gasteiger partial charge < -0.3 is 4.98 Å². The molecule has 1 aliphatic rings. The molecule has 0 radical (unpaired) electrons. The van der Waals surface area contributed by atoms with Crippen molar-refractivity contribution >= 4 is 50.0 Å². The Labute approximate surface area is 219 Å². The monoisotopic (exact) mass is 633 g/mol. The van der Waals surface area contributed by atoms with Crippen molar-refractivity contribution in [3.8, 4) is 0 Å². The number of aromatic nitrogens is 1. The first-order valence-corrected chi connectivity index (χ1v) is 11.3. The number of fused-ring (bicyclic) bond motifs is 5. The fourth-order valence-corrected chi connectivity index (χ4v) is 4.33. The fourth-order valence-electron chi connectivity index (χ4n) is 4.33. The normalized spacial score (nSPS) is 12.1. The van der Waals surface area contributed by atoms with Gasteiger partial charge in [-0.25, -0.2) is 0 Å². The van der Waals surface area contributed by atoms with Crippen LogP contribution in [0.15, 0.2) is 134 Å². The molecule has 1 aliphatic heterocycles. The van der Waals surface area contributed by atoms with E-state index in [1.165, 1.54) is 21.5 Å². The minimum absolute atomic E-state index is 0. The van der Waals surface area contributed by atoms with Crippen LogP contribution in [0.1, 0.15) is 0 Å². The van der Waals surface area contributed by atoms with Crippen molar-refractivity contribution in [2.24, 2.45) is 0 Å². The number of hydrogen-bond acceptors (Lipinski definition) is 0. The number of para-hydroxylation sites is 3. The summed E-state index contributed by atoms with van der Waals surface area (Å²) in [7, 11) is 0. The largest absolute Gasteiger partial charge is 1.00 e. The summed E-state index contributed by atoms with van der Waals surface area (Å²) in [5, 5.41) is 5.09. The topological polar surface area (TPSA) is 20.1 Å². The second kappa shape index (κ2) is 10.1. The molecule has 170 valence electrons. The van der Waals surface area contributed by atoms with Crippen molar-refractivity contribution < 1.29 is 31.5 Å². The molecule has 0 amide bonds. The maximum atomic E-state index is 4.67. The van der Waals surface area contributed by atoms with Crippen molar-refractivity contribution in [3.63, 3.8) is 0 Å². The molecule has 2 heterocycles. The van der Waals surface area contributed by atoms with Crippen LogP contribution in [0.3, 0.4) is 0 Å². The maximum absolute atomic E-state index is 4.67. The zero-order valence-corrected chi connectivity index (χ0v) is 21.0. The zero-order chi connectivity index (χ0) is 22.7. The molecule has 0 saturated heterocycles. The number of rotatable bonds is 2. The van der Waals surface area contributed by atoms with Gasteiger partial charge in [-0.3, -0.25) is 0 Å². The summed E-state index contributed by atoms with van der Waals surface area (Å²) in [4.78, 5) is 4.67. The molecule has 7 rings (SSSR count). The van der Waals surface area contributed by atoms with Gasteiger partial charge >= 0.3 is 28.4 Å². The molecule has 0 unspecified atom stereocenters. The van der Waals surface area contributed by atoms with Crippen LogP contribution in [0, 0.1) is 0 Å². The van der Waals surface area contributed by atoms with E-state index in [1.54, 1.807) is 0 Å². The molecule has 0 aliphatic carbocycles. The number of benzene rings is 5. The van der Waals surface area contributed by atoms with Gasteiger partial charge in [0.2, 0.25) is 11.4 Å². The number of nitrogens with zero attached hydrogens (tertiary/aromatic N) is 3. The van der Waals surface area contributed by atoms with E-state index in [9.17, 15) is 0 Å². The van der Waals surface area contributed by atoms with E-state index in [0.717, 1.165) is 22.4 Å². The molecular formula is C31H22AuN3+2. The van der Waals surface area contributed by atoms with Gasteiger partial charge in [-0.1, -0.05) is 106 Å². The summed E-state index contributed by atoms with van der Waals surface area (Å²) in [5.41, 5.74) is 4.40. The van der Waals surface area contributed by atoms with E-state index in [2.05, 4.69) is 89.9 Å². The summed E-state index contributed by atoms with van der Waals surface area (Å²) in [5.74, 6) is 0. The SMILES string of the molecule is C1=[N+](c2ccccc2)C=C[N+]=1c1ccccc1.[Au+].c1ccc2c(c1)ccc1[n-]c3ccccc3c12. The first-order chi connectivity index (χ1) is 16.9. The average Bonchev–Trinajstić information content (AvgIpc) is 3.56. The molecule has 0 saturated carbocycles. The van der Waals surface area contributed by atoms with Gasteiger partial charge in [0.05, 0.1) is 0 Å². The summed E-state index contributed by atoms with van der Waals surface area (Å²) in [6, 6.07) is 44.7. The Bertz CT molecular complexity index is 1670. The Morgan fingerprint density at radius 3 is 1.69 bits per heavy atom. The van der Waals surface area contributed by atoms with E-state index in [-0.39, 0.29) is 22.4 Å². The Kier molecular flexibility index (Phi) is 6.58. The van der Waals surface area contributed by atoms with Gasteiger partial charge in [-0.15, -0.1) is 11.0 Å². The van der Waals surface area contributed by atoms with Crippen molar-refractivity contribution in [3.05, 3.63) is 134 Å². The predicted octanol–water partition coefficient (Wildman–Crippen LogP) is 7.43. The predicted molar refractivity (Wildman–Crippen MR) is 139 cm³/mol. The first-order valence-electron chi connectivity index (χ1n) is 11.3. The zero-order valence-electron chi connectivity index (χ0n) is 18.8. The third-order valence-electron chi connectivity index (χ3n) is 5.97. The molecule has 3 nitrogen and oxygen atoms in total. The van der Waals surface area contributed by atoms with Crippen LogP contribution < -0.4 is 4.98 Å². The Balaban J connectivity index is 0.000000141. The van der Waals surface area contributed by atoms with Crippen LogP contribution in [0.25, 0.3) is 32.6 Å². The smallest absolute Gasteiger partial charge is 0.657 e. The second-order valence-corrected chi connectivity index (χ2v) is 8.12. The van der Waals surface area contributed by atoms with Crippen molar-refractivity contribution in [2.75, 3.05) is 0 Å². The van der Waals surface area contributed by atoms with Crippen molar-refractivity contribution in [1.29, 1.82) is 0 Å². The molecule has 1 aromatic heterocycles. The number of hydrogen-bond donors (Lipinski definition) is 0. The first kappa shape index (κ1) is 22.8. The Morgan fingerprint density at radius 2 is 1.03 bits per heavy atom. The standard InChI is InChI=1S/C16H10N.C15H12N2.Au/c1-2-6-12-11(5-1)9-10-15-16(12)13-7-3-4-8-14(13)17-15;1-3-7-14(8-4-1)16-11-12-17(13-16)15-9-5-2-6-10-15;/h1-10H;1-12H;/q-1;+2;+1. The van der Waals surface area contributed by atoms with Gasteiger partial charge in [0.25, 0.3) is 12.4 Å². The molecule has 4 heteroatoms. The van der Waals surface area contributed by atoms with Gasteiger partial charge in [0, 0.05) is 24.3 Å².